The number of amides is 1. The molecule has 0 bridgehead atoms. The van der Waals surface area contributed by atoms with Crippen molar-refractivity contribution in [2.24, 2.45) is 13.0 Å². The number of hydrogen-bond donors (Lipinski definition) is 2. The van der Waals surface area contributed by atoms with Gasteiger partial charge in [0.05, 0.1) is 18.2 Å². The van der Waals surface area contributed by atoms with Gasteiger partial charge in [-0.1, -0.05) is 12.8 Å². The van der Waals surface area contributed by atoms with E-state index >= 15 is 0 Å². The minimum atomic E-state index is -0.405. The Kier molecular flexibility index (Phi) is 4.81. The van der Waals surface area contributed by atoms with Crippen molar-refractivity contribution in [2.45, 2.75) is 52.1 Å². The number of carbonyl (C=O) groups excluding carboxylic acids is 1. The van der Waals surface area contributed by atoms with Crippen LogP contribution in [0, 0.1) is 19.8 Å². The van der Waals surface area contributed by atoms with Crippen LogP contribution in [0.4, 0.5) is 0 Å². The van der Waals surface area contributed by atoms with E-state index < -0.39 is 6.10 Å². The van der Waals surface area contributed by atoms with Crippen molar-refractivity contribution in [3.05, 3.63) is 17.0 Å². The molecule has 1 fully saturated rings. The summed E-state index contributed by atoms with van der Waals surface area (Å²) in [5.41, 5.74) is 2.91. The molecule has 2 N–H and O–H groups in total. The Morgan fingerprint density at radius 3 is 2.65 bits per heavy atom. The fourth-order valence-corrected chi connectivity index (χ4v) is 3.02. The second-order valence-corrected chi connectivity index (χ2v) is 5.87. The standard InChI is InChI=1S/C15H25N3O2/c1-10-13(11(2)18(3)17-10)8-15(20)16-9-14(19)12-6-4-5-7-12/h12,14,19H,4-9H2,1-3H3,(H,16,20). The normalized spacial score (nSPS) is 17.4. The Hall–Kier alpha value is -1.36. The van der Waals surface area contributed by atoms with Gasteiger partial charge >= 0.3 is 0 Å². The summed E-state index contributed by atoms with van der Waals surface area (Å²) in [7, 11) is 1.88. The van der Waals surface area contributed by atoms with Gasteiger partial charge < -0.3 is 10.4 Å². The Labute approximate surface area is 120 Å². The molecule has 1 aromatic rings. The molecule has 5 heteroatoms. The average molecular weight is 279 g/mol. The number of hydrogen-bond acceptors (Lipinski definition) is 3. The highest BCUT2D eigenvalue weighted by atomic mass is 16.3. The zero-order valence-electron chi connectivity index (χ0n) is 12.6. The molecule has 0 saturated heterocycles. The van der Waals surface area contributed by atoms with E-state index in [1.165, 1.54) is 12.8 Å². The fraction of sp³-hybridized carbons (Fsp3) is 0.733. The lowest BCUT2D eigenvalue weighted by molar-refractivity contribution is -0.121. The lowest BCUT2D eigenvalue weighted by Crippen LogP contribution is -2.36. The van der Waals surface area contributed by atoms with Crippen LogP contribution < -0.4 is 5.32 Å². The highest BCUT2D eigenvalue weighted by Crippen LogP contribution is 2.27. The lowest BCUT2D eigenvalue weighted by Gasteiger charge is -2.18. The molecular weight excluding hydrogens is 254 g/mol. The molecule has 1 aliphatic carbocycles. The molecule has 1 atom stereocenters. The van der Waals surface area contributed by atoms with Gasteiger partial charge in [-0.2, -0.15) is 5.10 Å². The van der Waals surface area contributed by atoms with Gasteiger partial charge in [-0.15, -0.1) is 0 Å². The van der Waals surface area contributed by atoms with E-state index in [1.54, 1.807) is 4.68 Å². The third-order valence-corrected chi connectivity index (χ3v) is 4.45. The second-order valence-electron chi connectivity index (χ2n) is 5.87. The molecule has 1 heterocycles. The van der Waals surface area contributed by atoms with Crippen LogP contribution in [0.15, 0.2) is 0 Å². The van der Waals surface area contributed by atoms with Crippen molar-refractivity contribution in [1.29, 1.82) is 0 Å². The predicted molar refractivity (Wildman–Crippen MR) is 77.4 cm³/mol. The van der Waals surface area contributed by atoms with Gasteiger partial charge in [-0.25, -0.2) is 0 Å². The quantitative estimate of drug-likeness (QED) is 0.852. The van der Waals surface area contributed by atoms with Crippen molar-refractivity contribution in [1.82, 2.24) is 15.1 Å². The number of carbonyl (C=O) groups is 1. The summed E-state index contributed by atoms with van der Waals surface area (Å²) in [5, 5.41) is 17.2. The molecule has 1 amide bonds. The summed E-state index contributed by atoms with van der Waals surface area (Å²) < 4.78 is 1.80. The number of aliphatic hydroxyl groups excluding tert-OH is 1. The molecule has 1 aromatic heterocycles. The average Bonchev–Trinajstić information content (AvgIpc) is 3.01. The number of aryl methyl sites for hydroxylation is 2. The van der Waals surface area contributed by atoms with Gasteiger partial charge in [0.25, 0.3) is 0 Å². The molecule has 1 unspecified atom stereocenters. The zero-order valence-corrected chi connectivity index (χ0v) is 12.6. The van der Waals surface area contributed by atoms with E-state index in [1.807, 2.05) is 20.9 Å². The van der Waals surface area contributed by atoms with E-state index in [-0.39, 0.29) is 5.91 Å². The van der Waals surface area contributed by atoms with Crippen molar-refractivity contribution >= 4 is 5.91 Å². The highest BCUT2D eigenvalue weighted by Gasteiger charge is 2.23. The summed E-state index contributed by atoms with van der Waals surface area (Å²) in [6, 6.07) is 0. The van der Waals surface area contributed by atoms with E-state index in [0.717, 1.165) is 29.8 Å². The van der Waals surface area contributed by atoms with Crippen LogP contribution in [0.2, 0.25) is 0 Å². The number of aliphatic hydroxyl groups is 1. The minimum absolute atomic E-state index is 0.0405. The first-order chi connectivity index (χ1) is 9.49. The van der Waals surface area contributed by atoms with E-state index in [9.17, 15) is 9.90 Å². The predicted octanol–water partition coefficient (Wildman–Crippen LogP) is 1.25. The van der Waals surface area contributed by atoms with Gasteiger partial charge in [0.2, 0.25) is 5.91 Å². The molecule has 2 rings (SSSR count). The lowest BCUT2D eigenvalue weighted by atomic mass is 10.0. The molecule has 112 valence electrons. The minimum Gasteiger partial charge on any atom is -0.391 e. The third-order valence-electron chi connectivity index (χ3n) is 4.45. The first-order valence-corrected chi connectivity index (χ1v) is 7.43. The van der Waals surface area contributed by atoms with Gasteiger partial charge in [-0.3, -0.25) is 9.48 Å². The van der Waals surface area contributed by atoms with Crippen LogP contribution in [0.3, 0.4) is 0 Å². The van der Waals surface area contributed by atoms with Crippen LogP contribution in [0.1, 0.15) is 42.6 Å². The Balaban J connectivity index is 1.83. The Morgan fingerprint density at radius 1 is 1.45 bits per heavy atom. The van der Waals surface area contributed by atoms with Crippen molar-refractivity contribution in [3.63, 3.8) is 0 Å². The van der Waals surface area contributed by atoms with Crippen LogP contribution in [0.5, 0.6) is 0 Å². The first-order valence-electron chi connectivity index (χ1n) is 7.43. The summed E-state index contributed by atoms with van der Waals surface area (Å²) >= 11 is 0. The van der Waals surface area contributed by atoms with E-state index in [4.69, 9.17) is 0 Å². The largest absolute Gasteiger partial charge is 0.391 e. The summed E-state index contributed by atoms with van der Waals surface area (Å²) in [5.74, 6) is 0.318. The van der Waals surface area contributed by atoms with E-state index in [2.05, 4.69) is 10.4 Å². The van der Waals surface area contributed by atoms with Gasteiger partial charge in [0.15, 0.2) is 0 Å². The molecule has 0 aliphatic heterocycles. The maximum atomic E-state index is 12.0. The maximum Gasteiger partial charge on any atom is 0.224 e. The molecule has 5 nitrogen and oxygen atoms in total. The van der Waals surface area contributed by atoms with Crippen LogP contribution >= 0.6 is 0 Å². The van der Waals surface area contributed by atoms with Gasteiger partial charge in [0, 0.05) is 24.8 Å². The number of aromatic nitrogens is 2. The number of rotatable bonds is 5. The molecule has 1 saturated carbocycles. The molecule has 0 spiro atoms. The third kappa shape index (κ3) is 3.39. The maximum absolute atomic E-state index is 12.0. The van der Waals surface area contributed by atoms with E-state index in [0.29, 0.717) is 18.9 Å². The molecule has 1 aliphatic rings. The van der Waals surface area contributed by atoms with Gasteiger partial charge in [-0.05, 0) is 32.6 Å². The SMILES string of the molecule is Cc1nn(C)c(C)c1CC(=O)NCC(O)C1CCCC1. The Morgan fingerprint density at radius 2 is 2.10 bits per heavy atom. The van der Waals surface area contributed by atoms with Crippen LogP contribution in [-0.2, 0) is 18.3 Å². The van der Waals surface area contributed by atoms with Crippen molar-refractivity contribution in [3.8, 4) is 0 Å². The number of nitrogens with one attached hydrogen (secondary N) is 1. The van der Waals surface area contributed by atoms with Crippen molar-refractivity contribution < 1.29 is 9.90 Å². The molecular formula is C15H25N3O2. The molecule has 0 aromatic carbocycles. The Bertz CT molecular complexity index is 476. The van der Waals surface area contributed by atoms with Crippen LogP contribution in [-0.4, -0.2) is 33.4 Å². The fourth-order valence-electron chi connectivity index (χ4n) is 3.02. The summed E-state index contributed by atoms with van der Waals surface area (Å²) in [6.07, 6.45) is 4.49. The summed E-state index contributed by atoms with van der Waals surface area (Å²) in [4.78, 5) is 12.0. The molecule has 20 heavy (non-hydrogen) atoms. The zero-order chi connectivity index (χ0) is 14.7. The smallest absolute Gasteiger partial charge is 0.224 e. The number of nitrogens with zero attached hydrogens (tertiary/aromatic N) is 2. The highest BCUT2D eigenvalue weighted by molar-refractivity contribution is 5.79. The topological polar surface area (TPSA) is 67.2 Å². The monoisotopic (exact) mass is 279 g/mol. The first kappa shape index (κ1) is 15.0. The van der Waals surface area contributed by atoms with Gasteiger partial charge in [0.1, 0.15) is 0 Å². The van der Waals surface area contributed by atoms with Crippen molar-refractivity contribution in [2.75, 3.05) is 6.54 Å². The summed E-state index contributed by atoms with van der Waals surface area (Å²) in [6.45, 7) is 4.25. The second kappa shape index (κ2) is 6.39. The van der Waals surface area contributed by atoms with Crippen LogP contribution in [0.25, 0.3) is 0 Å². The molecule has 0 radical (unpaired) electrons.